The second kappa shape index (κ2) is 11.3. The maximum Gasteiger partial charge on any atom is 0.315 e. The molecule has 3 atom stereocenters. The number of ether oxygens (including phenoxy) is 2. The third kappa shape index (κ3) is 7.96. The summed E-state index contributed by atoms with van der Waals surface area (Å²) in [6, 6.07) is -0.251. The van der Waals surface area contributed by atoms with Gasteiger partial charge >= 0.3 is 5.97 Å². The van der Waals surface area contributed by atoms with Gasteiger partial charge in [0.25, 0.3) is 0 Å². The molecule has 154 valence electrons. The van der Waals surface area contributed by atoms with Gasteiger partial charge < -0.3 is 15.2 Å². The molecule has 0 amide bonds. The van der Waals surface area contributed by atoms with Crippen LogP contribution in [0.4, 0.5) is 0 Å². The van der Waals surface area contributed by atoms with Gasteiger partial charge in [0, 0.05) is 12.5 Å². The van der Waals surface area contributed by atoms with Crippen LogP contribution in [-0.4, -0.2) is 24.9 Å². The molecule has 0 bridgehead atoms. The van der Waals surface area contributed by atoms with E-state index in [9.17, 15) is 4.79 Å². The molecule has 1 saturated carbocycles. The largest absolute Gasteiger partial charge is 0.435 e. The van der Waals surface area contributed by atoms with Crippen molar-refractivity contribution in [2.24, 2.45) is 28.9 Å². The minimum Gasteiger partial charge on any atom is -0.435 e. The summed E-state index contributed by atoms with van der Waals surface area (Å²) in [6.45, 7) is 13.0. The number of nitrogens with two attached hydrogens (primary N) is 1. The molecule has 1 rings (SSSR count). The van der Waals surface area contributed by atoms with Crippen LogP contribution in [0.1, 0.15) is 92.9 Å². The first-order chi connectivity index (χ1) is 12.1. The highest BCUT2D eigenvalue weighted by molar-refractivity contribution is 5.77. The summed E-state index contributed by atoms with van der Waals surface area (Å²) in [5.74, 6) is 1.35. The Hall–Kier alpha value is -0.610. The lowest BCUT2D eigenvalue weighted by Gasteiger charge is -2.34. The Bertz CT molecular complexity index is 402. The third-order valence-corrected chi connectivity index (χ3v) is 5.76. The van der Waals surface area contributed by atoms with Crippen LogP contribution >= 0.6 is 0 Å². The molecule has 0 aromatic heterocycles. The molecule has 0 aromatic rings. The fourth-order valence-electron chi connectivity index (χ4n) is 3.93. The Kier molecular flexibility index (Phi) is 10.2. The van der Waals surface area contributed by atoms with E-state index in [2.05, 4.69) is 27.7 Å². The topological polar surface area (TPSA) is 61.5 Å². The van der Waals surface area contributed by atoms with Gasteiger partial charge in [-0.3, -0.25) is 4.79 Å². The normalized spacial score (nSPS) is 20.8. The van der Waals surface area contributed by atoms with Crippen molar-refractivity contribution in [1.29, 1.82) is 0 Å². The van der Waals surface area contributed by atoms with Crippen LogP contribution in [0.5, 0.6) is 0 Å². The summed E-state index contributed by atoms with van der Waals surface area (Å²) in [6.07, 6.45) is 8.75. The van der Waals surface area contributed by atoms with Crippen LogP contribution in [0.15, 0.2) is 0 Å². The van der Waals surface area contributed by atoms with Crippen molar-refractivity contribution in [2.45, 2.75) is 105 Å². The minimum atomic E-state index is -0.671. The Labute approximate surface area is 161 Å². The molecule has 26 heavy (non-hydrogen) atoms. The van der Waals surface area contributed by atoms with Gasteiger partial charge in [-0.15, -0.1) is 0 Å². The average molecular weight is 370 g/mol. The standard InChI is InChI=1S/C22H43NO3/c1-16(2)14-20(25-13-12-19-10-8-7-9-11-19)26-21(24)22(6,18(5)23)15-17(3)4/h16-20H,7-15,23H2,1-6H3. The van der Waals surface area contributed by atoms with Gasteiger partial charge in [0.2, 0.25) is 6.29 Å². The lowest BCUT2D eigenvalue weighted by molar-refractivity contribution is -0.195. The van der Waals surface area contributed by atoms with E-state index in [4.69, 9.17) is 15.2 Å². The summed E-state index contributed by atoms with van der Waals surface area (Å²) in [4.78, 5) is 12.9. The predicted molar refractivity (Wildman–Crippen MR) is 108 cm³/mol. The van der Waals surface area contributed by atoms with Gasteiger partial charge in [-0.25, -0.2) is 0 Å². The molecule has 2 N–H and O–H groups in total. The Morgan fingerprint density at radius 2 is 1.69 bits per heavy atom. The lowest BCUT2D eigenvalue weighted by Crippen LogP contribution is -2.47. The van der Waals surface area contributed by atoms with E-state index >= 15 is 0 Å². The molecular formula is C22H43NO3. The van der Waals surface area contributed by atoms with Gasteiger partial charge in [0.15, 0.2) is 0 Å². The quantitative estimate of drug-likeness (QED) is 0.397. The molecule has 4 nitrogen and oxygen atoms in total. The fourth-order valence-corrected chi connectivity index (χ4v) is 3.93. The number of hydrogen-bond acceptors (Lipinski definition) is 4. The van der Waals surface area contributed by atoms with Crippen molar-refractivity contribution in [3.8, 4) is 0 Å². The van der Waals surface area contributed by atoms with Crippen LogP contribution in [0.2, 0.25) is 0 Å². The van der Waals surface area contributed by atoms with E-state index in [0.29, 0.717) is 18.4 Å². The zero-order chi connectivity index (χ0) is 19.7. The van der Waals surface area contributed by atoms with Crippen LogP contribution in [0.3, 0.4) is 0 Å². The first-order valence-electron chi connectivity index (χ1n) is 10.7. The van der Waals surface area contributed by atoms with E-state index in [1.54, 1.807) is 0 Å². The first kappa shape index (κ1) is 23.4. The van der Waals surface area contributed by atoms with E-state index in [1.807, 2.05) is 13.8 Å². The van der Waals surface area contributed by atoms with E-state index in [-0.39, 0.29) is 12.0 Å². The van der Waals surface area contributed by atoms with Crippen LogP contribution < -0.4 is 5.73 Å². The first-order valence-corrected chi connectivity index (χ1v) is 10.7. The minimum absolute atomic E-state index is 0.218. The van der Waals surface area contributed by atoms with Gasteiger partial charge in [0.05, 0.1) is 12.0 Å². The molecule has 0 saturated heterocycles. The smallest absolute Gasteiger partial charge is 0.315 e. The number of carbonyl (C=O) groups excluding carboxylic acids is 1. The van der Waals surface area contributed by atoms with E-state index in [1.165, 1.54) is 32.1 Å². The molecule has 0 aliphatic heterocycles. The van der Waals surface area contributed by atoms with E-state index in [0.717, 1.165) is 25.2 Å². The number of hydrogen-bond donors (Lipinski definition) is 1. The monoisotopic (exact) mass is 369 g/mol. The molecule has 0 aromatic carbocycles. The van der Waals surface area contributed by atoms with Crippen molar-refractivity contribution < 1.29 is 14.3 Å². The average Bonchev–Trinajstić information content (AvgIpc) is 2.54. The molecule has 1 aliphatic carbocycles. The van der Waals surface area contributed by atoms with Crippen LogP contribution in [0.25, 0.3) is 0 Å². The third-order valence-electron chi connectivity index (χ3n) is 5.76. The van der Waals surface area contributed by atoms with Crippen LogP contribution in [0, 0.1) is 23.2 Å². The summed E-state index contributed by atoms with van der Waals surface area (Å²) in [5, 5.41) is 0. The molecule has 1 aliphatic rings. The maximum absolute atomic E-state index is 12.9. The second-order valence-corrected chi connectivity index (χ2v) is 9.43. The summed E-state index contributed by atoms with van der Waals surface area (Å²) in [7, 11) is 0. The zero-order valence-electron chi connectivity index (χ0n) is 18.1. The van der Waals surface area contributed by atoms with Crippen molar-refractivity contribution in [3.63, 3.8) is 0 Å². The molecule has 3 unspecified atom stereocenters. The summed E-state index contributed by atoms with van der Waals surface area (Å²) < 4.78 is 11.9. The highest BCUT2D eigenvalue weighted by atomic mass is 16.7. The van der Waals surface area contributed by atoms with Crippen molar-refractivity contribution in [2.75, 3.05) is 6.61 Å². The van der Waals surface area contributed by atoms with Crippen molar-refractivity contribution >= 4 is 5.97 Å². The predicted octanol–water partition coefficient (Wildman–Crippen LogP) is 5.29. The van der Waals surface area contributed by atoms with Gasteiger partial charge in [-0.2, -0.15) is 0 Å². The Morgan fingerprint density at radius 3 is 2.19 bits per heavy atom. The molecule has 4 heteroatoms. The van der Waals surface area contributed by atoms with E-state index < -0.39 is 11.7 Å². The summed E-state index contributed by atoms with van der Waals surface area (Å²) in [5.41, 5.74) is 5.48. The summed E-state index contributed by atoms with van der Waals surface area (Å²) >= 11 is 0. The molecule has 0 spiro atoms. The van der Waals surface area contributed by atoms with Crippen molar-refractivity contribution in [3.05, 3.63) is 0 Å². The second-order valence-electron chi connectivity index (χ2n) is 9.43. The Balaban J connectivity index is 2.61. The fraction of sp³-hybridized carbons (Fsp3) is 0.955. The molecule has 0 heterocycles. The number of esters is 1. The Morgan fingerprint density at radius 1 is 1.08 bits per heavy atom. The lowest BCUT2D eigenvalue weighted by atomic mass is 9.76. The van der Waals surface area contributed by atoms with Crippen LogP contribution in [-0.2, 0) is 14.3 Å². The number of rotatable bonds is 11. The molecule has 1 fully saturated rings. The van der Waals surface area contributed by atoms with Gasteiger partial charge in [0.1, 0.15) is 0 Å². The highest BCUT2D eigenvalue weighted by Gasteiger charge is 2.40. The highest BCUT2D eigenvalue weighted by Crippen LogP contribution is 2.32. The molecule has 0 radical (unpaired) electrons. The maximum atomic E-state index is 12.9. The zero-order valence-corrected chi connectivity index (χ0v) is 18.1. The van der Waals surface area contributed by atoms with Gasteiger partial charge in [-0.05, 0) is 44.4 Å². The number of carbonyl (C=O) groups is 1. The SMILES string of the molecule is CC(C)CC(OCCC1CCCCC1)OC(=O)C(C)(CC(C)C)C(C)N. The van der Waals surface area contributed by atoms with Crippen molar-refractivity contribution in [1.82, 2.24) is 0 Å². The molecular weight excluding hydrogens is 326 g/mol. The van der Waals surface area contributed by atoms with Gasteiger partial charge in [-0.1, -0.05) is 59.8 Å².